The molecule has 0 saturated heterocycles. The number of ether oxygens (including phenoxy) is 2. The van der Waals surface area contributed by atoms with Crippen molar-refractivity contribution >= 4 is 0 Å². The number of aromatic hydroxyl groups is 1. The van der Waals surface area contributed by atoms with Gasteiger partial charge in [-0.15, -0.1) is 0 Å². The molecule has 1 atom stereocenters. The van der Waals surface area contributed by atoms with E-state index in [1.165, 1.54) is 0 Å². The van der Waals surface area contributed by atoms with Crippen molar-refractivity contribution in [3.05, 3.63) is 53.6 Å². The minimum Gasteiger partial charge on any atom is -0.504 e. The average molecular weight is 287 g/mol. The lowest BCUT2D eigenvalue weighted by Gasteiger charge is -2.16. The molecule has 0 aliphatic heterocycles. The van der Waals surface area contributed by atoms with Crippen molar-refractivity contribution in [3.63, 3.8) is 0 Å². The second-order valence-corrected chi connectivity index (χ2v) is 4.89. The molecule has 0 heterocycles. The molecule has 1 unspecified atom stereocenters. The molecule has 0 fully saturated rings. The summed E-state index contributed by atoms with van der Waals surface area (Å²) in [6.45, 7) is 2.81. The summed E-state index contributed by atoms with van der Waals surface area (Å²) >= 11 is 0. The summed E-state index contributed by atoms with van der Waals surface area (Å²) in [5.74, 6) is 1.50. The normalized spacial score (nSPS) is 12.0. The number of phenols is 1. The zero-order valence-electron chi connectivity index (χ0n) is 12.6. The van der Waals surface area contributed by atoms with Gasteiger partial charge in [-0.05, 0) is 42.3 Å². The highest BCUT2D eigenvalue weighted by atomic mass is 16.5. The molecule has 0 saturated carbocycles. The van der Waals surface area contributed by atoms with Gasteiger partial charge in [0.25, 0.3) is 0 Å². The SMILES string of the molecule is COc1cccc(CNC(C)c2ccc(O)c(OC)c2)c1. The first-order chi connectivity index (χ1) is 10.1. The fourth-order valence-corrected chi connectivity index (χ4v) is 2.13. The third-order valence-electron chi connectivity index (χ3n) is 3.45. The van der Waals surface area contributed by atoms with E-state index in [4.69, 9.17) is 9.47 Å². The van der Waals surface area contributed by atoms with Crippen LogP contribution in [-0.4, -0.2) is 19.3 Å². The maximum Gasteiger partial charge on any atom is 0.160 e. The highest BCUT2D eigenvalue weighted by Gasteiger charge is 2.09. The number of rotatable bonds is 6. The maximum atomic E-state index is 9.62. The zero-order chi connectivity index (χ0) is 15.2. The quantitative estimate of drug-likeness (QED) is 0.856. The lowest BCUT2D eigenvalue weighted by Crippen LogP contribution is -2.18. The molecule has 21 heavy (non-hydrogen) atoms. The van der Waals surface area contributed by atoms with Crippen molar-refractivity contribution in [2.75, 3.05) is 14.2 Å². The van der Waals surface area contributed by atoms with E-state index in [-0.39, 0.29) is 11.8 Å². The fraction of sp³-hybridized carbons (Fsp3) is 0.294. The Morgan fingerprint density at radius 1 is 1.10 bits per heavy atom. The fourth-order valence-electron chi connectivity index (χ4n) is 2.13. The summed E-state index contributed by atoms with van der Waals surface area (Å²) in [4.78, 5) is 0. The summed E-state index contributed by atoms with van der Waals surface area (Å²) in [6.07, 6.45) is 0. The molecule has 0 aliphatic carbocycles. The monoisotopic (exact) mass is 287 g/mol. The van der Waals surface area contributed by atoms with E-state index >= 15 is 0 Å². The van der Waals surface area contributed by atoms with E-state index in [9.17, 15) is 5.11 Å². The summed E-state index contributed by atoms with van der Waals surface area (Å²) in [5.41, 5.74) is 2.22. The molecule has 2 N–H and O–H groups in total. The van der Waals surface area contributed by atoms with E-state index in [1.807, 2.05) is 30.3 Å². The Morgan fingerprint density at radius 3 is 2.62 bits per heavy atom. The molecule has 0 bridgehead atoms. The van der Waals surface area contributed by atoms with Crippen LogP contribution >= 0.6 is 0 Å². The number of benzene rings is 2. The first-order valence-corrected chi connectivity index (χ1v) is 6.87. The van der Waals surface area contributed by atoms with Crippen LogP contribution in [0.3, 0.4) is 0 Å². The molecule has 2 rings (SSSR count). The molecular weight excluding hydrogens is 266 g/mol. The van der Waals surface area contributed by atoms with Gasteiger partial charge < -0.3 is 19.9 Å². The van der Waals surface area contributed by atoms with Crippen LogP contribution in [-0.2, 0) is 6.54 Å². The topological polar surface area (TPSA) is 50.7 Å². The first kappa shape index (κ1) is 15.2. The van der Waals surface area contributed by atoms with Gasteiger partial charge in [-0.1, -0.05) is 18.2 Å². The van der Waals surface area contributed by atoms with Crippen molar-refractivity contribution in [1.29, 1.82) is 0 Å². The standard InChI is InChI=1S/C17H21NO3/c1-12(14-7-8-16(19)17(10-14)21-3)18-11-13-5-4-6-15(9-13)20-2/h4-10,12,18-19H,11H2,1-3H3. The van der Waals surface area contributed by atoms with E-state index in [0.29, 0.717) is 5.75 Å². The van der Waals surface area contributed by atoms with Gasteiger partial charge >= 0.3 is 0 Å². The summed E-state index contributed by atoms with van der Waals surface area (Å²) < 4.78 is 10.4. The number of phenolic OH excluding ortho intramolecular Hbond substituents is 1. The predicted octanol–water partition coefficient (Wildman–Crippen LogP) is 3.26. The number of hydrogen-bond acceptors (Lipinski definition) is 4. The maximum absolute atomic E-state index is 9.62. The van der Waals surface area contributed by atoms with Crippen molar-refractivity contribution in [2.24, 2.45) is 0 Å². The summed E-state index contributed by atoms with van der Waals surface area (Å²) in [5, 5.41) is 13.1. The summed E-state index contributed by atoms with van der Waals surface area (Å²) in [7, 11) is 3.21. The molecule has 4 heteroatoms. The van der Waals surface area contributed by atoms with Crippen LogP contribution in [0.4, 0.5) is 0 Å². The molecule has 0 radical (unpaired) electrons. The zero-order valence-corrected chi connectivity index (χ0v) is 12.6. The lowest BCUT2D eigenvalue weighted by atomic mass is 10.1. The van der Waals surface area contributed by atoms with Crippen LogP contribution in [0.15, 0.2) is 42.5 Å². The van der Waals surface area contributed by atoms with E-state index in [1.54, 1.807) is 20.3 Å². The molecule has 112 valence electrons. The van der Waals surface area contributed by atoms with Gasteiger partial charge in [-0.25, -0.2) is 0 Å². The first-order valence-electron chi connectivity index (χ1n) is 6.87. The molecular formula is C17H21NO3. The second kappa shape index (κ2) is 6.99. The second-order valence-electron chi connectivity index (χ2n) is 4.89. The van der Waals surface area contributed by atoms with Crippen molar-refractivity contribution in [1.82, 2.24) is 5.32 Å². The van der Waals surface area contributed by atoms with Crippen molar-refractivity contribution in [2.45, 2.75) is 19.5 Å². The number of nitrogens with one attached hydrogen (secondary N) is 1. The van der Waals surface area contributed by atoms with Crippen molar-refractivity contribution < 1.29 is 14.6 Å². The van der Waals surface area contributed by atoms with Crippen LogP contribution < -0.4 is 14.8 Å². The van der Waals surface area contributed by atoms with Gasteiger partial charge in [0, 0.05) is 12.6 Å². The lowest BCUT2D eigenvalue weighted by molar-refractivity contribution is 0.372. The van der Waals surface area contributed by atoms with Gasteiger partial charge in [-0.2, -0.15) is 0 Å². The Balaban J connectivity index is 2.02. The van der Waals surface area contributed by atoms with Gasteiger partial charge in [0.2, 0.25) is 0 Å². The van der Waals surface area contributed by atoms with Crippen LogP contribution in [0.25, 0.3) is 0 Å². The average Bonchev–Trinajstić information content (AvgIpc) is 2.53. The molecule has 0 aliphatic rings. The smallest absolute Gasteiger partial charge is 0.160 e. The molecule has 0 amide bonds. The molecule has 0 spiro atoms. The largest absolute Gasteiger partial charge is 0.504 e. The van der Waals surface area contributed by atoms with Crippen LogP contribution in [0.1, 0.15) is 24.1 Å². The summed E-state index contributed by atoms with van der Waals surface area (Å²) in [6, 6.07) is 13.5. The predicted molar refractivity (Wildman–Crippen MR) is 82.9 cm³/mol. The Labute approximate surface area is 125 Å². The molecule has 2 aromatic carbocycles. The molecule has 2 aromatic rings. The van der Waals surface area contributed by atoms with Gasteiger partial charge in [0.05, 0.1) is 14.2 Å². The van der Waals surface area contributed by atoms with Crippen molar-refractivity contribution in [3.8, 4) is 17.2 Å². The highest BCUT2D eigenvalue weighted by Crippen LogP contribution is 2.28. The van der Waals surface area contributed by atoms with Gasteiger partial charge in [0.1, 0.15) is 5.75 Å². The molecule has 4 nitrogen and oxygen atoms in total. The Morgan fingerprint density at radius 2 is 1.90 bits per heavy atom. The third-order valence-corrected chi connectivity index (χ3v) is 3.45. The van der Waals surface area contributed by atoms with Crippen LogP contribution in [0.5, 0.6) is 17.2 Å². The van der Waals surface area contributed by atoms with E-state index < -0.39 is 0 Å². The van der Waals surface area contributed by atoms with Crippen LogP contribution in [0, 0.1) is 0 Å². The van der Waals surface area contributed by atoms with Crippen LogP contribution in [0.2, 0.25) is 0 Å². The minimum absolute atomic E-state index is 0.144. The van der Waals surface area contributed by atoms with Gasteiger partial charge in [-0.3, -0.25) is 0 Å². The Hall–Kier alpha value is -2.20. The minimum atomic E-state index is 0.144. The Bertz CT molecular complexity index is 598. The van der Waals surface area contributed by atoms with E-state index in [2.05, 4.69) is 18.3 Å². The van der Waals surface area contributed by atoms with E-state index in [0.717, 1.165) is 23.4 Å². The van der Waals surface area contributed by atoms with Gasteiger partial charge in [0.15, 0.2) is 11.5 Å². The number of methoxy groups -OCH3 is 2. The Kier molecular flexibility index (Phi) is 5.06. The third kappa shape index (κ3) is 3.89. The molecule has 0 aromatic heterocycles. The highest BCUT2D eigenvalue weighted by molar-refractivity contribution is 5.42. The number of hydrogen-bond donors (Lipinski definition) is 2.